The van der Waals surface area contributed by atoms with Crippen molar-refractivity contribution >= 4 is 11.9 Å². The van der Waals surface area contributed by atoms with Crippen LogP contribution in [0.25, 0.3) is 0 Å². The molecule has 3 N–H and O–H groups in total. The number of quaternary nitrogens is 1. The summed E-state index contributed by atoms with van der Waals surface area (Å²) in [5.74, 6) is 0.224. The maximum Gasteiger partial charge on any atom is 0.359 e. The van der Waals surface area contributed by atoms with E-state index in [1.54, 1.807) is 5.32 Å². The second-order valence-corrected chi connectivity index (χ2v) is 5.70. The van der Waals surface area contributed by atoms with E-state index in [-0.39, 0.29) is 6.54 Å². The molecule has 0 aromatic rings. The third-order valence-corrected chi connectivity index (χ3v) is 2.88. The Morgan fingerprint density at radius 3 is 2.15 bits per heavy atom. The summed E-state index contributed by atoms with van der Waals surface area (Å²) in [6, 6.07) is 0.796. The number of carboxylic acid groups (broad SMARTS) is 1. The molecule has 0 aromatic carbocycles. The highest BCUT2D eigenvalue weighted by atomic mass is 16.4. The van der Waals surface area contributed by atoms with Gasteiger partial charge in [0, 0.05) is 39.1 Å². The first-order chi connectivity index (χ1) is 9.27. The standard InChI is InChI=1S/C14H30N4O2/c1-11(2)18(12(3)4)14(17(5)6)16-9-7-8-15-10-13(19)20/h11-12,15H,7-10H2,1-6H3,(H,19,20)/p+1. The molecule has 0 saturated heterocycles. The summed E-state index contributed by atoms with van der Waals surface area (Å²) >= 11 is 0. The summed E-state index contributed by atoms with van der Waals surface area (Å²) in [5, 5.41) is 10.4. The molecule has 0 amide bonds. The predicted octanol–water partition coefficient (Wildman–Crippen LogP) is 0.0609. The van der Waals surface area contributed by atoms with E-state index in [1.165, 1.54) is 0 Å². The highest BCUT2D eigenvalue weighted by molar-refractivity contribution is 5.80. The van der Waals surface area contributed by atoms with Crippen LogP contribution in [0.2, 0.25) is 0 Å². The number of nitrogens with zero attached hydrogens (tertiary/aromatic N) is 3. The van der Waals surface area contributed by atoms with Crippen molar-refractivity contribution in [2.75, 3.05) is 33.7 Å². The van der Waals surface area contributed by atoms with Crippen molar-refractivity contribution in [3.8, 4) is 0 Å². The molecular weight excluding hydrogens is 256 g/mol. The van der Waals surface area contributed by atoms with Gasteiger partial charge in [-0.05, 0) is 27.7 Å². The van der Waals surface area contributed by atoms with Crippen LogP contribution in [0.15, 0.2) is 4.99 Å². The zero-order valence-electron chi connectivity index (χ0n) is 13.8. The van der Waals surface area contributed by atoms with Crippen LogP contribution in [0, 0.1) is 0 Å². The van der Waals surface area contributed by atoms with Crippen molar-refractivity contribution < 1.29 is 15.2 Å². The molecule has 0 aromatic heterocycles. The second kappa shape index (κ2) is 9.58. The normalized spacial score (nSPS) is 12.1. The SMILES string of the molecule is CC(C)N(C(=NCCC[NH2+]CC(=O)O)N(C)C)C(C)C. The van der Waals surface area contributed by atoms with E-state index in [1.807, 2.05) is 19.0 Å². The Balaban J connectivity index is 4.44. The number of nitrogens with two attached hydrogens (primary N) is 1. The highest BCUT2D eigenvalue weighted by Crippen LogP contribution is 2.08. The minimum atomic E-state index is -0.770. The number of rotatable bonds is 8. The fourth-order valence-corrected chi connectivity index (χ4v) is 2.15. The van der Waals surface area contributed by atoms with Crippen LogP contribution < -0.4 is 5.32 Å². The van der Waals surface area contributed by atoms with Gasteiger partial charge in [-0.1, -0.05) is 0 Å². The average Bonchev–Trinajstić information content (AvgIpc) is 2.29. The van der Waals surface area contributed by atoms with Gasteiger partial charge < -0.3 is 20.2 Å². The molecule has 0 fully saturated rings. The molecule has 0 atom stereocenters. The summed E-state index contributed by atoms with van der Waals surface area (Å²) in [4.78, 5) is 19.4. The zero-order valence-corrected chi connectivity index (χ0v) is 13.8. The minimum Gasteiger partial charge on any atom is -0.477 e. The number of aliphatic carboxylic acids is 1. The zero-order chi connectivity index (χ0) is 15.7. The second-order valence-electron chi connectivity index (χ2n) is 5.70. The van der Waals surface area contributed by atoms with Gasteiger partial charge in [-0.15, -0.1) is 0 Å². The lowest BCUT2D eigenvalue weighted by molar-refractivity contribution is -0.645. The lowest BCUT2D eigenvalue weighted by Gasteiger charge is -2.36. The van der Waals surface area contributed by atoms with Crippen LogP contribution >= 0.6 is 0 Å². The molecule has 0 saturated carbocycles. The van der Waals surface area contributed by atoms with Crippen LogP contribution in [0.1, 0.15) is 34.1 Å². The topological polar surface area (TPSA) is 72.8 Å². The third kappa shape index (κ3) is 7.33. The highest BCUT2D eigenvalue weighted by Gasteiger charge is 2.19. The van der Waals surface area contributed by atoms with Crippen molar-refractivity contribution in [2.45, 2.75) is 46.2 Å². The van der Waals surface area contributed by atoms with Crippen LogP contribution in [-0.2, 0) is 4.79 Å². The minimum absolute atomic E-state index is 0.133. The summed E-state index contributed by atoms with van der Waals surface area (Å²) in [6.45, 7) is 10.3. The Morgan fingerprint density at radius 1 is 1.20 bits per heavy atom. The van der Waals surface area contributed by atoms with E-state index >= 15 is 0 Å². The fourth-order valence-electron chi connectivity index (χ4n) is 2.15. The van der Waals surface area contributed by atoms with Crippen LogP contribution in [0.4, 0.5) is 0 Å². The number of hydrogen-bond acceptors (Lipinski definition) is 2. The summed E-state index contributed by atoms with van der Waals surface area (Å²) < 4.78 is 0. The lowest BCUT2D eigenvalue weighted by atomic mass is 10.2. The number of guanidine groups is 1. The Morgan fingerprint density at radius 2 is 1.75 bits per heavy atom. The Hall–Kier alpha value is -1.30. The Bertz CT molecular complexity index is 306. The van der Waals surface area contributed by atoms with Gasteiger partial charge in [-0.3, -0.25) is 4.99 Å². The van der Waals surface area contributed by atoms with Gasteiger partial charge in [0.05, 0.1) is 6.54 Å². The first-order valence-electron chi connectivity index (χ1n) is 7.31. The van der Waals surface area contributed by atoms with Crippen molar-refractivity contribution in [3.63, 3.8) is 0 Å². The van der Waals surface area contributed by atoms with Crippen LogP contribution in [0.3, 0.4) is 0 Å². The molecule has 0 bridgehead atoms. The smallest absolute Gasteiger partial charge is 0.359 e. The van der Waals surface area contributed by atoms with Gasteiger partial charge in [0.25, 0.3) is 0 Å². The van der Waals surface area contributed by atoms with Crippen molar-refractivity contribution in [1.82, 2.24) is 9.80 Å². The van der Waals surface area contributed by atoms with Crippen LogP contribution in [0.5, 0.6) is 0 Å². The van der Waals surface area contributed by atoms with Crippen molar-refractivity contribution in [1.29, 1.82) is 0 Å². The third-order valence-electron chi connectivity index (χ3n) is 2.88. The molecule has 0 aliphatic heterocycles. The predicted molar refractivity (Wildman–Crippen MR) is 82.0 cm³/mol. The summed E-state index contributed by atoms with van der Waals surface area (Å²) in [7, 11) is 4.01. The number of hydrogen-bond donors (Lipinski definition) is 2. The molecular formula is C14H31N4O2+. The maximum absolute atomic E-state index is 10.4. The average molecular weight is 287 g/mol. The van der Waals surface area contributed by atoms with Crippen molar-refractivity contribution in [2.24, 2.45) is 4.99 Å². The fraction of sp³-hybridized carbons (Fsp3) is 0.857. The Labute approximate surface area is 122 Å². The van der Waals surface area contributed by atoms with Crippen LogP contribution in [-0.4, -0.2) is 72.6 Å². The van der Waals surface area contributed by atoms with Gasteiger partial charge in [0.15, 0.2) is 12.5 Å². The van der Waals surface area contributed by atoms with E-state index in [0.29, 0.717) is 12.1 Å². The summed E-state index contributed by atoms with van der Waals surface area (Å²) in [6.07, 6.45) is 0.884. The van der Waals surface area contributed by atoms with E-state index in [2.05, 4.69) is 37.6 Å². The molecule has 6 heteroatoms. The van der Waals surface area contributed by atoms with E-state index in [4.69, 9.17) is 5.11 Å². The molecule has 0 unspecified atom stereocenters. The number of carbonyl (C=O) groups is 1. The number of aliphatic imine (C=N–C) groups is 1. The van der Waals surface area contributed by atoms with E-state index in [0.717, 1.165) is 25.5 Å². The van der Waals surface area contributed by atoms with E-state index < -0.39 is 5.97 Å². The lowest BCUT2D eigenvalue weighted by Crippen LogP contribution is -2.86. The molecule has 0 rings (SSSR count). The monoisotopic (exact) mass is 287 g/mol. The van der Waals surface area contributed by atoms with E-state index in [9.17, 15) is 4.79 Å². The Kier molecular flexibility index (Phi) is 8.96. The van der Waals surface area contributed by atoms with Crippen molar-refractivity contribution in [3.05, 3.63) is 0 Å². The molecule has 6 nitrogen and oxygen atoms in total. The molecule has 0 heterocycles. The van der Waals surface area contributed by atoms with Gasteiger partial charge in [0.1, 0.15) is 0 Å². The molecule has 0 aliphatic carbocycles. The first-order valence-corrected chi connectivity index (χ1v) is 7.31. The molecule has 0 radical (unpaired) electrons. The van der Waals surface area contributed by atoms with Gasteiger partial charge in [-0.2, -0.15) is 0 Å². The molecule has 20 heavy (non-hydrogen) atoms. The van der Waals surface area contributed by atoms with Gasteiger partial charge in [-0.25, -0.2) is 4.79 Å². The first kappa shape index (κ1) is 18.7. The van der Waals surface area contributed by atoms with Gasteiger partial charge in [0.2, 0.25) is 0 Å². The molecule has 118 valence electrons. The number of carboxylic acids is 1. The maximum atomic E-state index is 10.4. The largest absolute Gasteiger partial charge is 0.477 e. The van der Waals surface area contributed by atoms with Gasteiger partial charge >= 0.3 is 5.97 Å². The molecule has 0 aliphatic rings. The quantitative estimate of drug-likeness (QED) is 0.376. The molecule has 0 spiro atoms. The summed E-state index contributed by atoms with van der Waals surface area (Å²) in [5.41, 5.74) is 0.